The lowest BCUT2D eigenvalue weighted by molar-refractivity contribution is 0.0688. The highest BCUT2D eigenvalue weighted by molar-refractivity contribution is 7.71. The summed E-state index contributed by atoms with van der Waals surface area (Å²) < 4.78 is 12.3. The van der Waals surface area contributed by atoms with Crippen molar-refractivity contribution in [1.82, 2.24) is 19.6 Å². The van der Waals surface area contributed by atoms with Crippen LogP contribution in [0.25, 0.3) is 11.5 Å². The van der Waals surface area contributed by atoms with Gasteiger partial charge in [0, 0.05) is 36.8 Å². The fourth-order valence-electron chi connectivity index (χ4n) is 2.61. The summed E-state index contributed by atoms with van der Waals surface area (Å²) in [4.78, 5) is 15.9. The van der Waals surface area contributed by atoms with Crippen LogP contribution in [0.15, 0.2) is 28.7 Å². The minimum absolute atomic E-state index is 0.261. The molecule has 25 heavy (non-hydrogen) atoms. The van der Waals surface area contributed by atoms with E-state index in [4.69, 9.17) is 33.0 Å². The fourth-order valence-corrected chi connectivity index (χ4v) is 2.98. The first-order chi connectivity index (χ1) is 12.1. The van der Waals surface area contributed by atoms with Crippen molar-refractivity contribution in [2.75, 3.05) is 32.8 Å². The Hall–Kier alpha value is -1.90. The zero-order chi connectivity index (χ0) is 17.8. The molecular formula is C16H19ClN4O3S. The molecule has 1 aliphatic heterocycles. The number of hydrogen-bond donors (Lipinski definition) is 0. The first-order valence-electron chi connectivity index (χ1n) is 8.04. The minimum Gasteiger partial charge on any atom is -0.450 e. The van der Waals surface area contributed by atoms with Gasteiger partial charge in [0.15, 0.2) is 0 Å². The standard InChI is InChI=1S/C16H19ClN4O3S/c1-2-23-15(22)20-8-6-19(7-9-20)11-21-16(25)24-14(18-21)12-4-3-5-13(17)10-12/h3-5,10H,2,6-9,11H2,1H3. The highest BCUT2D eigenvalue weighted by atomic mass is 35.5. The molecule has 1 amide bonds. The Morgan fingerprint density at radius 1 is 1.36 bits per heavy atom. The molecule has 7 nitrogen and oxygen atoms in total. The minimum atomic E-state index is -0.261. The average molecular weight is 383 g/mol. The van der Waals surface area contributed by atoms with Gasteiger partial charge in [-0.2, -0.15) is 0 Å². The molecule has 0 unspecified atom stereocenters. The van der Waals surface area contributed by atoms with Crippen molar-refractivity contribution in [3.8, 4) is 11.5 Å². The number of rotatable bonds is 4. The summed E-state index contributed by atoms with van der Waals surface area (Å²) in [5.74, 6) is 0.442. The van der Waals surface area contributed by atoms with Crippen LogP contribution in [0.1, 0.15) is 6.92 Å². The zero-order valence-electron chi connectivity index (χ0n) is 13.9. The molecule has 1 saturated heterocycles. The number of hydrogen-bond acceptors (Lipinski definition) is 6. The first-order valence-corrected chi connectivity index (χ1v) is 8.83. The lowest BCUT2D eigenvalue weighted by atomic mass is 10.2. The van der Waals surface area contributed by atoms with Crippen LogP contribution in [0.4, 0.5) is 4.79 Å². The summed E-state index contributed by atoms with van der Waals surface area (Å²) in [6.45, 7) is 5.38. The van der Waals surface area contributed by atoms with E-state index in [0.29, 0.717) is 42.1 Å². The van der Waals surface area contributed by atoms with Crippen LogP contribution in [0, 0.1) is 4.84 Å². The van der Waals surface area contributed by atoms with Gasteiger partial charge in [0.25, 0.3) is 4.84 Å². The monoisotopic (exact) mass is 382 g/mol. The second kappa shape index (κ2) is 7.99. The normalized spacial score (nSPS) is 15.4. The van der Waals surface area contributed by atoms with E-state index >= 15 is 0 Å². The number of halogens is 1. The van der Waals surface area contributed by atoms with Gasteiger partial charge in [-0.3, -0.25) is 4.90 Å². The molecule has 1 aromatic carbocycles. The van der Waals surface area contributed by atoms with Crippen LogP contribution in [0.2, 0.25) is 5.02 Å². The second-order valence-electron chi connectivity index (χ2n) is 5.63. The Morgan fingerprint density at radius 2 is 2.12 bits per heavy atom. The van der Waals surface area contributed by atoms with Crippen LogP contribution in [0.5, 0.6) is 0 Å². The van der Waals surface area contributed by atoms with Gasteiger partial charge < -0.3 is 14.1 Å². The van der Waals surface area contributed by atoms with Gasteiger partial charge in [0.2, 0.25) is 5.89 Å². The van der Waals surface area contributed by atoms with Gasteiger partial charge in [-0.1, -0.05) is 17.7 Å². The molecule has 2 heterocycles. The maximum Gasteiger partial charge on any atom is 0.409 e. The Kier molecular flexibility index (Phi) is 5.72. The maximum atomic E-state index is 11.7. The van der Waals surface area contributed by atoms with E-state index in [9.17, 15) is 4.79 Å². The summed E-state index contributed by atoms with van der Waals surface area (Å²) in [5.41, 5.74) is 0.782. The first kappa shape index (κ1) is 17.9. The Labute approximate surface area is 155 Å². The number of carbonyl (C=O) groups excluding carboxylic acids is 1. The lowest BCUT2D eigenvalue weighted by Crippen LogP contribution is -2.49. The van der Waals surface area contributed by atoms with Crippen molar-refractivity contribution in [2.24, 2.45) is 0 Å². The fraction of sp³-hybridized carbons (Fsp3) is 0.438. The Balaban J connectivity index is 1.63. The maximum absolute atomic E-state index is 11.7. The van der Waals surface area contributed by atoms with Crippen LogP contribution in [-0.2, 0) is 11.4 Å². The molecule has 2 aromatic rings. The third kappa shape index (κ3) is 4.39. The van der Waals surface area contributed by atoms with Crippen molar-refractivity contribution in [3.05, 3.63) is 34.1 Å². The SMILES string of the molecule is CCOC(=O)N1CCN(Cn2nc(-c3cccc(Cl)c3)oc2=S)CC1. The number of piperazine rings is 1. The number of carbonyl (C=O) groups is 1. The summed E-state index contributed by atoms with van der Waals surface area (Å²) in [5, 5.41) is 5.05. The molecule has 0 saturated carbocycles. The molecule has 9 heteroatoms. The molecule has 1 aliphatic rings. The Morgan fingerprint density at radius 3 is 2.80 bits per heavy atom. The molecule has 134 valence electrons. The number of ether oxygens (including phenoxy) is 1. The number of nitrogens with zero attached hydrogens (tertiary/aromatic N) is 4. The molecule has 0 atom stereocenters. The molecule has 0 radical (unpaired) electrons. The van der Waals surface area contributed by atoms with Crippen LogP contribution < -0.4 is 0 Å². The highest BCUT2D eigenvalue weighted by Crippen LogP contribution is 2.21. The van der Waals surface area contributed by atoms with Gasteiger partial charge in [0.05, 0.1) is 13.3 Å². The molecule has 1 aromatic heterocycles. The summed E-state index contributed by atoms with van der Waals surface area (Å²) in [7, 11) is 0. The second-order valence-corrected chi connectivity index (χ2v) is 6.41. The molecule has 0 spiro atoms. The van der Waals surface area contributed by atoms with Gasteiger partial charge in [-0.15, -0.1) is 5.10 Å². The summed E-state index contributed by atoms with van der Waals surface area (Å²) >= 11 is 11.3. The van der Waals surface area contributed by atoms with E-state index in [2.05, 4.69) is 10.00 Å². The lowest BCUT2D eigenvalue weighted by Gasteiger charge is -2.33. The van der Waals surface area contributed by atoms with Gasteiger partial charge in [-0.25, -0.2) is 9.48 Å². The third-order valence-corrected chi connectivity index (χ3v) is 4.44. The van der Waals surface area contributed by atoms with Crippen molar-refractivity contribution in [2.45, 2.75) is 13.6 Å². The highest BCUT2D eigenvalue weighted by Gasteiger charge is 2.22. The molecular weight excluding hydrogens is 364 g/mol. The molecule has 1 fully saturated rings. The smallest absolute Gasteiger partial charge is 0.409 e. The van der Waals surface area contributed by atoms with E-state index in [1.54, 1.807) is 28.6 Å². The van der Waals surface area contributed by atoms with Crippen LogP contribution >= 0.6 is 23.8 Å². The number of amides is 1. The van der Waals surface area contributed by atoms with Gasteiger partial charge >= 0.3 is 6.09 Å². The molecule has 0 N–H and O–H groups in total. The zero-order valence-corrected chi connectivity index (χ0v) is 15.4. The quantitative estimate of drug-likeness (QED) is 0.756. The van der Waals surface area contributed by atoms with E-state index in [-0.39, 0.29) is 6.09 Å². The largest absolute Gasteiger partial charge is 0.450 e. The van der Waals surface area contributed by atoms with E-state index in [0.717, 1.165) is 18.7 Å². The van der Waals surface area contributed by atoms with Crippen molar-refractivity contribution < 1.29 is 13.9 Å². The third-order valence-electron chi connectivity index (χ3n) is 3.91. The van der Waals surface area contributed by atoms with E-state index < -0.39 is 0 Å². The van der Waals surface area contributed by atoms with Crippen molar-refractivity contribution in [1.29, 1.82) is 0 Å². The van der Waals surface area contributed by atoms with Crippen molar-refractivity contribution >= 4 is 29.9 Å². The summed E-state index contributed by atoms with van der Waals surface area (Å²) in [6.07, 6.45) is -0.261. The molecule has 0 bridgehead atoms. The van der Waals surface area contributed by atoms with Crippen molar-refractivity contribution in [3.63, 3.8) is 0 Å². The van der Waals surface area contributed by atoms with E-state index in [1.807, 2.05) is 12.1 Å². The van der Waals surface area contributed by atoms with Crippen LogP contribution in [0.3, 0.4) is 0 Å². The van der Waals surface area contributed by atoms with Crippen LogP contribution in [-0.4, -0.2) is 58.5 Å². The van der Waals surface area contributed by atoms with Gasteiger partial charge in [0.1, 0.15) is 0 Å². The predicted molar refractivity (Wildman–Crippen MR) is 95.9 cm³/mol. The average Bonchev–Trinajstić information content (AvgIpc) is 2.96. The van der Waals surface area contributed by atoms with Gasteiger partial charge in [-0.05, 0) is 37.3 Å². The summed E-state index contributed by atoms with van der Waals surface area (Å²) in [6, 6.07) is 7.28. The molecule has 0 aliphatic carbocycles. The van der Waals surface area contributed by atoms with E-state index in [1.165, 1.54) is 0 Å². The number of benzene rings is 1. The Bertz CT molecular complexity index is 799. The predicted octanol–water partition coefficient (Wildman–Crippen LogP) is 3.26. The topological polar surface area (TPSA) is 63.7 Å². The molecule has 3 rings (SSSR count). The number of aromatic nitrogens is 2.